The van der Waals surface area contributed by atoms with Crippen LogP contribution in [0.15, 0.2) is 41.3 Å². The number of nitrogens with one attached hydrogen (secondary N) is 1. The molecule has 0 aliphatic carbocycles. The molecule has 168 valence electrons. The van der Waals surface area contributed by atoms with Crippen LogP contribution in [0.2, 0.25) is 0 Å². The van der Waals surface area contributed by atoms with Crippen LogP contribution in [0.3, 0.4) is 0 Å². The molecule has 1 saturated heterocycles. The fourth-order valence-corrected chi connectivity index (χ4v) is 5.27. The van der Waals surface area contributed by atoms with Gasteiger partial charge in [0, 0.05) is 31.7 Å². The van der Waals surface area contributed by atoms with Crippen molar-refractivity contribution in [1.82, 2.24) is 14.5 Å². The highest BCUT2D eigenvalue weighted by Crippen LogP contribution is 2.23. The molecule has 0 spiro atoms. The van der Waals surface area contributed by atoms with Crippen molar-refractivity contribution < 1.29 is 13.2 Å². The molecule has 1 atom stereocenters. The zero-order valence-corrected chi connectivity index (χ0v) is 19.9. The van der Waals surface area contributed by atoms with Gasteiger partial charge in [0.15, 0.2) is 0 Å². The Bertz CT molecular complexity index is 1060. The van der Waals surface area contributed by atoms with Crippen molar-refractivity contribution in [1.29, 1.82) is 0 Å². The minimum atomic E-state index is -3.63. The number of amides is 1. The number of hydrogen-bond acceptors (Lipinski definition) is 4. The van der Waals surface area contributed by atoms with Crippen molar-refractivity contribution in [2.24, 2.45) is 0 Å². The van der Waals surface area contributed by atoms with Gasteiger partial charge in [-0.25, -0.2) is 8.42 Å². The summed E-state index contributed by atoms with van der Waals surface area (Å²) in [4.78, 5) is 15.4. The van der Waals surface area contributed by atoms with Crippen LogP contribution in [0, 0.1) is 20.8 Å². The van der Waals surface area contributed by atoms with E-state index in [4.69, 9.17) is 0 Å². The van der Waals surface area contributed by atoms with Crippen LogP contribution in [-0.4, -0.2) is 56.8 Å². The Morgan fingerprint density at radius 3 is 2.23 bits per heavy atom. The van der Waals surface area contributed by atoms with Gasteiger partial charge in [0.05, 0.1) is 10.9 Å². The lowest BCUT2D eigenvalue weighted by Crippen LogP contribution is -2.47. The molecule has 1 unspecified atom stereocenters. The molecule has 1 heterocycles. The third-order valence-electron chi connectivity index (χ3n) is 6.20. The van der Waals surface area contributed by atoms with E-state index in [2.05, 4.69) is 36.2 Å². The molecule has 2 aromatic rings. The topological polar surface area (TPSA) is 69.7 Å². The second-order valence-corrected chi connectivity index (χ2v) is 10.4. The third-order valence-corrected chi connectivity index (χ3v) is 8.10. The van der Waals surface area contributed by atoms with E-state index in [1.165, 1.54) is 21.5 Å². The molecule has 0 aromatic heterocycles. The number of nitrogens with zero attached hydrogens (tertiary/aromatic N) is 2. The summed E-state index contributed by atoms with van der Waals surface area (Å²) in [6.07, 6.45) is 0.743. The Morgan fingerprint density at radius 2 is 1.61 bits per heavy atom. The highest BCUT2D eigenvalue weighted by molar-refractivity contribution is 7.89. The summed E-state index contributed by atoms with van der Waals surface area (Å²) >= 11 is 0. The first-order valence-corrected chi connectivity index (χ1v) is 12.2. The second-order valence-electron chi connectivity index (χ2n) is 8.46. The van der Waals surface area contributed by atoms with Gasteiger partial charge >= 0.3 is 0 Å². The summed E-state index contributed by atoms with van der Waals surface area (Å²) in [7, 11) is -1.64. The lowest BCUT2D eigenvalue weighted by Gasteiger charge is -2.31. The highest BCUT2D eigenvalue weighted by Gasteiger charge is 2.28. The quantitative estimate of drug-likeness (QED) is 0.743. The zero-order valence-electron chi connectivity index (χ0n) is 19.1. The molecular weight excluding hydrogens is 410 g/mol. The van der Waals surface area contributed by atoms with Crippen molar-refractivity contribution in [3.8, 4) is 0 Å². The first kappa shape index (κ1) is 23.4. The number of sulfonamides is 1. The van der Waals surface area contributed by atoms with Crippen molar-refractivity contribution in [2.75, 3.05) is 33.2 Å². The van der Waals surface area contributed by atoms with Crippen molar-refractivity contribution in [3.05, 3.63) is 64.2 Å². The maximum atomic E-state index is 13.1. The van der Waals surface area contributed by atoms with Crippen LogP contribution in [-0.2, 0) is 10.0 Å². The fourth-order valence-electron chi connectivity index (χ4n) is 3.82. The monoisotopic (exact) mass is 443 g/mol. The average Bonchev–Trinajstić information content (AvgIpc) is 2.74. The predicted molar refractivity (Wildman–Crippen MR) is 124 cm³/mol. The molecule has 1 amide bonds. The number of likely N-dealkylation sites (N-methyl/N-ethyl adjacent to an activating group) is 1. The van der Waals surface area contributed by atoms with E-state index in [-0.39, 0.29) is 16.8 Å². The second kappa shape index (κ2) is 9.51. The van der Waals surface area contributed by atoms with Crippen LogP contribution in [0.5, 0.6) is 0 Å². The Hall–Kier alpha value is -2.22. The number of rotatable bonds is 6. The maximum Gasteiger partial charge on any atom is 0.252 e. The molecule has 31 heavy (non-hydrogen) atoms. The van der Waals surface area contributed by atoms with Gasteiger partial charge in [0.2, 0.25) is 10.0 Å². The van der Waals surface area contributed by atoms with Crippen LogP contribution in [0.25, 0.3) is 0 Å². The molecule has 2 aromatic carbocycles. The fraction of sp³-hybridized carbons (Fsp3) is 0.458. The van der Waals surface area contributed by atoms with Gasteiger partial charge in [0.1, 0.15) is 0 Å². The van der Waals surface area contributed by atoms with E-state index in [9.17, 15) is 13.2 Å². The van der Waals surface area contributed by atoms with E-state index in [1.807, 2.05) is 27.0 Å². The van der Waals surface area contributed by atoms with Crippen molar-refractivity contribution >= 4 is 15.9 Å². The largest absolute Gasteiger partial charge is 0.345 e. The van der Waals surface area contributed by atoms with Gasteiger partial charge in [0.25, 0.3) is 5.91 Å². The molecule has 0 radical (unpaired) electrons. The summed E-state index contributed by atoms with van der Waals surface area (Å²) in [6, 6.07) is 10.9. The van der Waals surface area contributed by atoms with Crippen LogP contribution >= 0.6 is 0 Å². The first-order valence-electron chi connectivity index (χ1n) is 10.8. The Morgan fingerprint density at radius 1 is 0.968 bits per heavy atom. The summed E-state index contributed by atoms with van der Waals surface area (Å²) in [6.45, 7) is 10.3. The third kappa shape index (κ3) is 5.17. The van der Waals surface area contributed by atoms with E-state index >= 15 is 0 Å². The van der Waals surface area contributed by atoms with Gasteiger partial charge < -0.3 is 10.2 Å². The molecule has 6 nitrogen and oxygen atoms in total. The van der Waals surface area contributed by atoms with Gasteiger partial charge in [-0.1, -0.05) is 31.2 Å². The molecule has 7 heteroatoms. The molecular formula is C24H33N3O3S. The zero-order chi connectivity index (χ0) is 22.8. The van der Waals surface area contributed by atoms with E-state index in [1.54, 1.807) is 12.1 Å². The van der Waals surface area contributed by atoms with E-state index in [0.717, 1.165) is 17.5 Å². The number of benzene rings is 2. The molecule has 0 bridgehead atoms. The van der Waals surface area contributed by atoms with Crippen molar-refractivity contribution in [2.45, 2.75) is 45.1 Å². The number of piperazine rings is 1. The number of carbonyl (C=O) groups excluding carboxylic acids is 1. The molecule has 3 rings (SSSR count). The van der Waals surface area contributed by atoms with Gasteiger partial charge in [-0.05, 0) is 68.6 Å². The lowest BCUT2D eigenvalue weighted by atomic mass is 9.99. The van der Waals surface area contributed by atoms with Gasteiger partial charge in [-0.15, -0.1) is 0 Å². The minimum absolute atomic E-state index is 0.135. The Labute approximate surface area is 186 Å². The van der Waals surface area contributed by atoms with Crippen LogP contribution in [0.4, 0.5) is 0 Å². The van der Waals surface area contributed by atoms with Crippen LogP contribution < -0.4 is 5.32 Å². The minimum Gasteiger partial charge on any atom is -0.345 e. The molecule has 1 N–H and O–H groups in total. The summed E-state index contributed by atoms with van der Waals surface area (Å²) in [5.74, 6) is -0.252. The average molecular weight is 444 g/mol. The Balaban J connectivity index is 1.85. The van der Waals surface area contributed by atoms with E-state index < -0.39 is 10.0 Å². The molecule has 1 aliphatic heterocycles. The smallest absolute Gasteiger partial charge is 0.252 e. The van der Waals surface area contributed by atoms with Gasteiger partial charge in [-0.2, -0.15) is 4.31 Å². The van der Waals surface area contributed by atoms with E-state index in [0.29, 0.717) is 31.7 Å². The highest BCUT2D eigenvalue weighted by atomic mass is 32.2. The number of carbonyl (C=O) groups is 1. The molecule has 0 saturated carbocycles. The lowest BCUT2D eigenvalue weighted by molar-refractivity contribution is 0.0934. The maximum absolute atomic E-state index is 13.1. The standard InChI is InChI=1S/C24H33N3O3S/c1-6-23(20-9-7-17(2)19(4)15-20)25-24(28)22-16-21(10-8-18(22)3)31(29,30)27-13-11-26(5)12-14-27/h7-10,15-16,23H,6,11-14H2,1-5H3,(H,25,28). The molecule has 1 fully saturated rings. The predicted octanol–water partition coefficient (Wildman–Crippen LogP) is 3.43. The summed E-state index contributed by atoms with van der Waals surface area (Å²) < 4.78 is 27.8. The summed E-state index contributed by atoms with van der Waals surface area (Å²) in [5, 5.41) is 3.10. The SMILES string of the molecule is CCC(NC(=O)c1cc(S(=O)(=O)N2CCN(C)CC2)ccc1C)c1ccc(C)c(C)c1. The number of aryl methyl sites for hydroxylation is 3. The van der Waals surface area contributed by atoms with Crippen LogP contribution in [0.1, 0.15) is 52.0 Å². The number of hydrogen-bond donors (Lipinski definition) is 1. The van der Waals surface area contributed by atoms with Crippen molar-refractivity contribution in [3.63, 3.8) is 0 Å². The Kier molecular flexibility index (Phi) is 7.19. The van der Waals surface area contributed by atoms with Gasteiger partial charge in [-0.3, -0.25) is 4.79 Å². The molecule has 1 aliphatic rings. The first-order chi connectivity index (χ1) is 14.6. The summed E-state index contributed by atoms with van der Waals surface area (Å²) in [5.41, 5.74) is 4.60. The normalized spacial score (nSPS) is 16.8.